The minimum absolute atomic E-state index is 0.429. The molecule has 0 aliphatic heterocycles. The number of rotatable bonds is 6. The molecule has 0 saturated carbocycles. The van der Waals surface area contributed by atoms with Crippen molar-refractivity contribution in [2.45, 2.75) is 5.41 Å². The molecule has 11 aromatic rings. The monoisotopic (exact) mass is 825 g/mol. The molecule has 3 nitrogen and oxygen atoms in total. The summed E-state index contributed by atoms with van der Waals surface area (Å²) in [5, 5.41) is 2.31. The number of aromatic nitrogens is 3. The molecule has 0 fully saturated rings. The highest BCUT2D eigenvalue weighted by Crippen LogP contribution is 2.64. The molecule has 302 valence electrons. The molecular weight excluding hydrogens is 787 g/mol. The summed E-state index contributed by atoms with van der Waals surface area (Å²) in [5.74, 6) is 1.88. The van der Waals surface area contributed by atoms with Gasteiger partial charge in [-0.2, -0.15) is 0 Å². The molecule has 1 heterocycles. The molecule has 10 aromatic carbocycles. The minimum atomic E-state index is -0.429. The SMILES string of the molecule is c1ccc(-c2ccc(-c3nc(-c4ccc(-c5cccc6c5-c5ccccc5C65c6ccccc6-c6ccccc65)c(-c5ccccc5)c4)nc(-c4ccc5ccccc5c4)n3)cc2)cc1. The fourth-order valence-corrected chi connectivity index (χ4v) is 10.7. The summed E-state index contributed by atoms with van der Waals surface area (Å²) >= 11 is 0. The molecule has 2 aliphatic carbocycles. The Morgan fingerprint density at radius 3 is 1.35 bits per heavy atom. The van der Waals surface area contributed by atoms with Crippen LogP contribution in [0.2, 0.25) is 0 Å². The van der Waals surface area contributed by atoms with E-state index in [-0.39, 0.29) is 0 Å². The van der Waals surface area contributed by atoms with Gasteiger partial charge in [0, 0.05) is 16.7 Å². The highest BCUT2D eigenvalue weighted by atomic mass is 15.0. The molecule has 0 amide bonds. The number of benzene rings is 10. The van der Waals surface area contributed by atoms with Crippen molar-refractivity contribution in [3.8, 4) is 89.8 Å². The van der Waals surface area contributed by atoms with Crippen LogP contribution in [0.3, 0.4) is 0 Å². The topological polar surface area (TPSA) is 38.7 Å². The highest BCUT2D eigenvalue weighted by molar-refractivity contribution is 6.02. The van der Waals surface area contributed by atoms with E-state index in [1.165, 1.54) is 61.0 Å². The molecule has 0 N–H and O–H groups in total. The first-order chi connectivity index (χ1) is 32.2. The molecule has 3 heteroatoms. The van der Waals surface area contributed by atoms with Crippen molar-refractivity contribution in [2.24, 2.45) is 0 Å². The molecule has 0 atom stereocenters. The Morgan fingerprint density at radius 1 is 0.231 bits per heavy atom. The molecule has 0 unspecified atom stereocenters. The van der Waals surface area contributed by atoms with Crippen LogP contribution in [-0.2, 0) is 5.41 Å². The van der Waals surface area contributed by atoms with E-state index in [2.05, 4.69) is 231 Å². The van der Waals surface area contributed by atoms with Gasteiger partial charge in [-0.25, -0.2) is 15.0 Å². The van der Waals surface area contributed by atoms with E-state index in [4.69, 9.17) is 15.0 Å². The number of hydrogen-bond acceptors (Lipinski definition) is 3. The third-order valence-corrected chi connectivity index (χ3v) is 13.6. The molecule has 1 aromatic heterocycles. The molecular formula is C62H39N3. The van der Waals surface area contributed by atoms with Gasteiger partial charge in [-0.05, 0) is 101 Å². The smallest absolute Gasteiger partial charge is 0.164 e. The lowest BCUT2D eigenvalue weighted by Crippen LogP contribution is -2.25. The first kappa shape index (κ1) is 37.1. The van der Waals surface area contributed by atoms with Crippen LogP contribution in [0, 0.1) is 0 Å². The normalized spacial score (nSPS) is 12.7. The second kappa shape index (κ2) is 14.8. The van der Waals surface area contributed by atoms with Gasteiger partial charge in [-0.3, -0.25) is 0 Å². The summed E-state index contributed by atoms with van der Waals surface area (Å²) in [6.07, 6.45) is 0. The lowest BCUT2D eigenvalue weighted by molar-refractivity contribution is 0.794. The number of fused-ring (bicyclic) bond motifs is 11. The van der Waals surface area contributed by atoms with Crippen molar-refractivity contribution < 1.29 is 0 Å². The standard InChI is InChI=1S/C62H39N3/c1-3-16-40(17-4-1)42-30-33-44(34-31-42)59-63-60(46-35-32-41-18-7-8-21-45(41)38-46)65-61(64-59)47-36-37-48(53(39-47)43-19-5-2-6-20-43)51-25-15-29-57-58(51)52-24-11-14-28-56(52)62(57)54-26-12-9-22-49(54)50-23-10-13-27-55(50)62/h1-39H. The zero-order valence-electron chi connectivity index (χ0n) is 35.4. The van der Waals surface area contributed by atoms with Gasteiger partial charge in [-0.1, -0.05) is 224 Å². The summed E-state index contributed by atoms with van der Waals surface area (Å²) < 4.78 is 0. The van der Waals surface area contributed by atoms with Gasteiger partial charge >= 0.3 is 0 Å². The van der Waals surface area contributed by atoms with Gasteiger partial charge in [0.25, 0.3) is 0 Å². The number of nitrogens with zero attached hydrogens (tertiary/aromatic N) is 3. The lowest BCUT2D eigenvalue weighted by Gasteiger charge is -2.30. The van der Waals surface area contributed by atoms with Crippen LogP contribution in [0.5, 0.6) is 0 Å². The average Bonchev–Trinajstić information content (AvgIpc) is 3.86. The molecule has 13 rings (SSSR count). The van der Waals surface area contributed by atoms with Crippen LogP contribution in [0.4, 0.5) is 0 Å². The third kappa shape index (κ3) is 5.79. The Morgan fingerprint density at radius 2 is 0.677 bits per heavy atom. The maximum absolute atomic E-state index is 5.26. The Bertz CT molecular complexity index is 3600. The molecule has 0 radical (unpaired) electrons. The van der Waals surface area contributed by atoms with Gasteiger partial charge < -0.3 is 0 Å². The van der Waals surface area contributed by atoms with Crippen LogP contribution in [-0.4, -0.2) is 15.0 Å². The Kier molecular flexibility index (Phi) is 8.44. The highest BCUT2D eigenvalue weighted by Gasteiger charge is 2.52. The van der Waals surface area contributed by atoms with E-state index in [1.807, 2.05) is 6.07 Å². The fourth-order valence-electron chi connectivity index (χ4n) is 10.7. The maximum Gasteiger partial charge on any atom is 0.164 e. The molecule has 0 bridgehead atoms. The van der Waals surface area contributed by atoms with Crippen LogP contribution in [0.25, 0.3) is 101 Å². The third-order valence-electron chi connectivity index (χ3n) is 13.6. The summed E-state index contributed by atoms with van der Waals surface area (Å²) in [5.41, 5.74) is 19.7. The first-order valence-corrected chi connectivity index (χ1v) is 22.3. The first-order valence-electron chi connectivity index (χ1n) is 22.3. The van der Waals surface area contributed by atoms with Gasteiger partial charge in [0.05, 0.1) is 5.41 Å². The Hall–Kier alpha value is -8.53. The predicted molar refractivity (Wildman–Crippen MR) is 266 cm³/mol. The zero-order valence-corrected chi connectivity index (χ0v) is 35.4. The van der Waals surface area contributed by atoms with Gasteiger partial charge in [-0.15, -0.1) is 0 Å². The van der Waals surface area contributed by atoms with Crippen molar-refractivity contribution in [1.29, 1.82) is 0 Å². The van der Waals surface area contributed by atoms with Crippen molar-refractivity contribution in [3.05, 3.63) is 259 Å². The van der Waals surface area contributed by atoms with E-state index < -0.39 is 5.41 Å². The summed E-state index contributed by atoms with van der Waals surface area (Å²) in [4.78, 5) is 15.7. The van der Waals surface area contributed by atoms with Gasteiger partial charge in [0.1, 0.15) is 0 Å². The quantitative estimate of drug-likeness (QED) is 0.168. The Labute approximate surface area is 378 Å². The van der Waals surface area contributed by atoms with Crippen LogP contribution in [0.15, 0.2) is 237 Å². The van der Waals surface area contributed by atoms with Crippen LogP contribution in [0.1, 0.15) is 22.3 Å². The van der Waals surface area contributed by atoms with Crippen molar-refractivity contribution in [1.82, 2.24) is 15.0 Å². The molecule has 0 saturated heterocycles. The van der Waals surface area contributed by atoms with E-state index >= 15 is 0 Å². The molecule has 1 spiro atoms. The fraction of sp³-hybridized carbons (Fsp3) is 0.0161. The lowest BCUT2D eigenvalue weighted by atomic mass is 9.70. The van der Waals surface area contributed by atoms with Crippen molar-refractivity contribution >= 4 is 10.8 Å². The number of hydrogen-bond donors (Lipinski definition) is 0. The largest absolute Gasteiger partial charge is 0.208 e. The van der Waals surface area contributed by atoms with E-state index in [9.17, 15) is 0 Å². The average molecular weight is 826 g/mol. The molecule has 2 aliphatic rings. The van der Waals surface area contributed by atoms with Crippen molar-refractivity contribution in [3.63, 3.8) is 0 Å². The minimum Gasteiger partial charge on any atom is -0.208 e. The maximum atomic E-state index is 5.26. The van der Waals surface area contributed by atoms with Gasteiger partial charge in [0.15, 0.2) is 17.5 Å². The second-order valence-electron chi connectivity index (χ2n) is 17.1. The molecule has 65 heavy (non-hydrogen) atoms. The summed E-state index contributed by atoms with van der Waals surface area (Å²) in [6.45, 7) is 0. The van der Waals surface area contributed by atoms with E-state index in [0.717, 1.165) is 44.3 Å². The van der Waals surface area contributed by atoms with Gasteiger partial charge in [0.2, 0.25) is 0 Å². The van der Waals surface area contributed by atoms with Crippen LogP contribution < -0.4 is 0 Å². The van der Waals surface area contributed by atoms with Crippen molar-refractivity contribution in [2.75, 3.05) is 0 Å². The van der Waals surface area contributed by atoms with Crippen LogP contribution >= 0.6 is 0 Å². The Balaban J connectivity index is 1.01. The van der Waals surface area contributed by atoms with E-state index in [0.29, 0.717) is 17.5 Å². The predicted octanol–water partition coefficient (Wildman–Crippen LogP) is 15.4. The van der Waals surface area contributed by atoms with E-state index in [1.54, 1.807) is 0 Å². The summed E-state index contributed by atoms with van der Waals surface area (Å²) in [6, 6.07) is 85.3. The second-order valence-corrected chi connectivity index (χ2v) is 17.1. The zero-order chi connectivity index (χ0) is 42.9. The summed E-state index contributed by atoms with van der Waals surface area (Å²) in [7, 11) is 0.